The minimum atomic E-state index is -0.400. The molecule has 0 aliphatic carbocycles. The molecule has 1 aromatic rings. The fourth-order valence-electron chi connectivity index (χ4n) is 2.07. The lowest BCUT2D eigenvalue weighted by molar-refractivity contribution is 0.589. The molecule has 1 atom stereocenters. The van der Waals surface area contributed by atoms with Gasteiger partial charge in [0.25, 0.3) is 5.56 Å². The zero-order valence-electron chi connectivity index (χ0n) is 10.3. The Kier molecular flexibility index (Phi) is 3.01. The molecule has 0 radical (unpaired) electrons. The molecule has 1 saturated heterocycles. The molecule has 94 valence electrons. The van der Waals surface area contributed by atoms with E-state index in [4.69, 9.17) is 0 Å². The lowest BCUT2D eigenvalue weighted by atomic mass is 10.3. The van der Waals surface area contributed by atoms with Crippen molar-refractivity contribution in [2.45, 2.75) is 12.5 Å². The maximum Gasteiger partial charge on any atom is 0.346 e. The van der Waals surface area contributed by atoms with Gasteiger partial charge in [-0.3, -0.25) is 9.36 Å². The highest BCUT2D eigenvalue weighted by atomic mass is 16.2. The monoisotopic (exact) mass is 239 g/mol. The number of likely N-dealkylation sites (N-methyl/N-ethyl adjacent to an activating group) is 1. The molecule has 1 aliphatic heterocycles. The summed E-state index contributed by atoms with van der Waals surface area (Å²) in [6.45, 7) is 1.53. The van der Waals surface area contributed by atoms with Crippen LogP contribution in [-0.4, -0.2) is 40.5 Å². The van der Waals surface area contributed by atoms with Crippen LogP contribution in [0.2, 0.25) is 0 Å². The summed E-state index contributed by atoms with van der Waals surface area (Å²) in [5.74, 6) is 0.354. The van der Waals surface area contributed by atoms with E-state index in [9.17, 15) is 9.59 Å². The minimum Gasteiger partial charge on any atom is -0.349 e. The number of anilines is 1. The highest BCUT2D eigenvalue weighted by Gasteiger charge is 2.25. The molecule has 2 heterocycles. The van der Waals surface area contributed by atoms with E-state index in [2.05, 4.69) is 10.4 Å². The Balaban J connectivity index is 2.41. The summed E-state index contributed by atoms with van der Waals surface area (Å²) in [6, 6.07) is 0.374. The second-order valence-corrected chi connectivity index (χ2v) is 4.31. The Morgan fingerprint density at radius 3 is 2.65 bits per heavy atom. The molecule has 17 heavy (non-hydrogen) atoms. The van der Waals surface area contributed by atoms with Crippen LogP contribution in [0.4, 0.5) is 5.82 Å². The van der Waals surface area contributed by atoms with Crippen molar-refractivity contribution >= 4 is 5.82 Å². The van der Waals surface area contributed by atoms with Gasteiger partial charge in [0.2, 0.25) is 5.82 Å². The highest BCUT2D eigenvalue weighted by Crippen LogP contribution is 2.13. The van der Waals surface area contributed by atoms with Crippen molar-refractivity contribution < 1.29 is 0 Å². The molecule has 1 aliphatic rings. The van der Waals surface area contributed by atoms with Crippen LogP contribution in [0.1, 0.15) is 6.42 Å². The third-order valence-corrected chi connectivity index (χ3v) is 3.20. The van der Waals surface area contributed by atoms with Crippen LogP contribution in [0.5, 0.6) is 0 Å². The van der Waals surface area contributed by atoms with Crippen LogP contribution < -0.4 is 21.5 Å². The van der Waals surface area contributed by atoms with Crippen molar-refractivity contribution in [2.75, 3.05) is 25.0 Å². The minimum absolute atomic E-state index is 0.329. The number of nitrogens with zero attached hydrogens (tertiary/aromatic N) is 4. The van der Waals surface area contributed by atoms with Crippen LogP contribution >= 0.6 is 0 Å². The van der Waals surface area contributed by atoms with Crippen LogP contribution in [0.25, 0.3) is 0 Å². The summed E-state index contributed by atoms with van der Waals surface area (Å²) >= 11 is 0. The molecular weight excluding hydrogens is 222 g/mol. The normalized spacial score (nSPS) is 19.9. The fraction of sp³-hybridized carbons (Fsp3) is 0.700. The standard InChI is InChI=1S/C10H17N5O2/c1-11-7-4-5-15(6-7)8-9(16)13(2)10(17)14(3)12-8/h7,11H,4-6H2,1-3H3. The molecule has 0 bridgehead atoms. The van der Waals surface area contributed by atoms with Gasteiger partial charge in [-0.2, -0.15) is 0 Å². The van der Waals surface area contributed by atoms with Gasteiger partial charge in [0, 0.05) is 33.2 Å². The summed E-state index contributed by atoms with van der Waals surface area (Å²) < 4.78 is 2.29. The summed E-state index contributed by atoms with van der Waals surface area (Å²) in [5.41, 5.74) is -0.729. The maximum atomic E-state index is 11.9. The maximum absolute atomic E-state index is 11.9. The van der Waals surface area contributed by atoms with Gasteiger partial charge >= 0.3 is 5.69 Å². The zero-order chi connectivity index (χ0) is 12.6. The molecule has 1 fully saturated rings. The second-order valence-electron chi connectivity index (χ2n) is 4.31. The molecule has 0 amide bonds. The lowest BCUT2D eigenvalue weighted by Gasteiger charge is -2.17. The van der Waals surface area contributed by atoms with Crippen molar-refractivity contribution in [2.24, 2.45) is 14.1 Å². The van der Waals surface area contributed by atoms with Gasteiger partial charge in [-0.1, -0.05) is 0 Å². The van der Waals surface area contributed by atoms with Gasteiger partial charge in [0.05, 0.1) is 0 Å². The lowest BCUT2D eigenvalue weighted by Crippen LogP contribution is -2.43. The number of hydrogen-bond acceptors (Lipinski definition) is 5. The van der Waals surface area contributed by atoms with E-state index in [0.717, 1.165) is 24.1 Å². The van der Waals surface area contributed by atoms with Crippen molar-refractivity contribution in [1.29, 1.82) is 0 Å². The molecule has 7 nitrogen and oxygen atoms in total. The fourth-order valence-corrected chi connectivity index (χ4v) is 2.07. The molecule has 1 unspecified atom stereocenters. The molecule has 0 aromatic carbocycles. The van der Waals surface area contributed by atoms with Crippen molar-refractivity contribution in [3.63, 3.8) is 0 Å². The van der Waals surface area contributed by atoms with E-state index in [1.807, 2.05) is 11.9 Å². The van der Waals surface area contributed by atoms with Gasteiger partial charge < -0.3 is 10.2 Å². The van der Waals surface area contributed by atoms with Gasteiger partial charge in [-0.15, -0.1) is 5.10 Å². The van der Waals surface area contributed by atoms with E-state index in [1.54, 1.807) is 7.05 Å². The Bertz CT molecular complexity index is 532. The van der Waals surface area contributed by atoms with Crippen LogP contribution in [0.3, 0.4) is 0 Å². The van der Waals surface area contributed by atoms with Crippen molar-refractivity contribution in [3.8, 4) is 0 Å². The first-order chi connectivity index (χ1) is 8.04. The number of aryl methyl sites for hydroxylation is 1. The van der Waals surface area contributed by atoms with Crippen molar-refractivity contribution in [1.82, 2.24) is 19.7 Å². The zero-order valence-corrected chi connectivity index (χ0v) is 10.3. The number of hydrogen-bond donors (Lipinski definition) is 1. The van der Waals surface area contributed by atoms with E-state index in [1.165, 1.54) is 11.7 Å². The average molecular weight is 239 g/mol. The summed E-state index contributed by atoms with van der Waals surface area (Å²) in [6.07, 6.45) is 0.976. The van der Waals surface area contributed by atoms with E-state index in [-0.39, 0.29) is 5.56 Å². The Hall–Kier alpha value is -1.63. The van der Waals surface area contributed by atoms with Gasteiger partial charge in [-0.05, 0) is 13.5 Å². The quantitative estimate of drug-likeness (QED) is 0.664. The molecule has 0 saturated carbocycles. The summed E-state index contributed by atoms with van der Waals surface area (Å²) in [5, 5.41) is 7.23. The van der Waals surface area contributed by atoms with Gasteiger partial charge in [-0.25, -0.2) is 9.48 Å². The topological polar surface area (TPSA) is 72.2 Å². The van der Waals surface area contributed by atoms with Crippen LogP contribution in [-0.2, 0) is 14.1 Å². The number of aromatic nitrogens is 3. The third-order valence-electron chi connectivity index (χ3n) is 3.20. The molecular formula is C10H17N5O2. The predicted molar refractivity (Wildman–Crippen MR) is 64.4 cm³/mol. The first-order valence-corrected chi connectivity index (χ1v) is 5.61. The summed E-state index contributed by atoms with van der Waals surface area (Å²) in [7, 11) is 4.93. The Morgan fingerprint density at radius 2 is 2.06 bits per heavy atom. The van der Waals surface area contributed by atoms with E-state index in [0.29, 0.717) is 11.9 Å². The largest absolute Gasteiger partial charge is 0.349 e. The van der Waals surface area contributed by atoms with E-state index >= 15 is 0 Å². The molecule has 0 spiro atoms. The SMILES string of the molecule is CNC1CCN(c2nn(C)c(=O)n(C)c2=O)C1. The summed E-state index contributed by atoms with van der Waals surface area (Å²) in [4.78, 5) is 25.4. The van der Waals surface area contributed by atoms with Crippen molar-refractivity contribution in [3.05, 3.63) is 20.8 Å². The predicted octanol–water partition coefficient (Wildman–Crippen LogP) is -1.72. The first kappa shape index (κ1) is 11.8. The average Bonchev–Trinajstić information content (AvgIpc) is 2.79. The Morgan fingerprint density at radius 1 is 1.35 bits per heavy atom. The molecule has 1 aromatic heterocycles. The Labute approximate surface area is 98.7 Å². The second kappa shape index (κ2) is 4.33. The molecule has 7 heteroatoms. The highest BCUT2D eigenvalue weighted by molar-refractivity contribution is 5.36. The third kappa shape index (κ3) is 1.97. The smallest absolute Gasteiger partial charge is 0.346 e. The van der Waals surface area contributed by atoms with Gasteiger partial charge in [0.15, 0.2) is 0 Å². The van der Waals surface area contributed by atoms with Crippen LogP contribution in [0.15, 0.2) is 9.59 Å². The van der Waals surface area contributed by atoms with Crippen LogP contribution in [0, 0.1) is 0 Å². The molecule has 2 rings (SSSR count). The number of rotatable bonds is 2. The number of nitrogens with one attached hydrogen (secondary N) is 1. The van der Waals surface area contributed by atoms with Gasteiger partial charge in [0.1, 0.15) is 0 Å². The first-order valence-electron chi connectivity index (χ1n) is 5.61. The molecule has 1 N–H and O–H groups in total. The van der Waals surface area contributed by atoms with E-state index < -0.39 is 5.69 Å².